The Balaban J connectivity index is 2.16. The first-order valence-corrected chi connectivity index (χ1v) is 12.1. The molecular weight excluding hydrogens is 474 g/mol. The van der Waals surface area contributed by atoms with Gasteiger partial charge in [-0.1, -0.05) is 42.5 Å². The zero-order chi connectivity index (χ0) is 27.2. The number of allylic oxidation sites excluding steroid dienone is 2. The van der Waals surface area contributed by atoms with E-state index >= 15 is 0 Å². The first-order valence-electron chi connectivity index (χ1n) is 12.1. The van der Waals surface area contributed by atoms with Gasteiger partial charge in [0.05, 0.1) is 12.5 Å². The minimum Gasteiger partial charge on any atom is -0.463 e. The van der Waals surface area contributed by atoms with Crippen LogP contribution < -0.4 is 16.0 Å². The third kappa shape index (κ3) is 9.89. The fourth-order valence-corrected chi connectivity index (χ4v) is 3.52. The van der Waals surface area contributed by atoms with Crippen molar-refractivity contribution in [2.75, 3.05) is 18.5 Å². The Kier molecular flexibility index (Phi) is 12.0. The molecule has 0 unspecified atom stereocenters. The average Bonchev–Trinajstić information content (AvgIpc) is 2.89. The highest BCUT2D eigenvalue weighted by atomic mass is 16.5. The predicted molar refractivity (Wildman–Crippen MR) is 143 cm³/mol. The zero-order valence-electron chi connectivity index (χ0n) is 21.1. The number of aliphatic hydroxyl groups excluding tert-OH is 1. The second-order valence-corrected chi connectivity index (χ2v) is 8.70. The van der Waals surface area contributed by atoms with Gasteiger partial charge in [0.15, 0.2) is 0 Å². The van der Waals surface area contributed by atoms with Crippen molar-refractivity contribution in [1.82, 2.24) is 10.6 Å². The van der Waals surface area contributed by atoms with Gasteiger partial charge in [0, 0.05) is 24.6 Å². The second kappa shape index (κ2) is 15.2. The Hall–Kier alpha value is -3.98. The van der Waals surface area contributed by atoms with Crippen molar-refractivity contribution in [3.63, 3.8) is 0 Å². The summed E-state index contributed by atoms with van der Waals surface area (Å²) in [6.07, 6.45) is 3.62. The lowest BCUT2D eigenvalue weighted by Crippen LogP contribution is -2.49. The van der Waals surface area contributed by atoms with Gasteiger partial charge < -0.3 is 25.8 Å². The van der Waals surface area contributed by atoms with Gasteiger partial charge in [-0.05, 0) is 42.7 Å². The highest BCUT2D eigenvalue weighted by molar-refractivity contribution is 5.99. The molecule has 2 aromatic rings. The van der Waals surface area contributed by atoms with Crippen LogP contribution in [0.15, 0.2) is 67.8 Å². The van der Waals surface area contributed by atoms with Crippen molar-refractivity contribution in [2.24, 2.45) is 5.92 Å². The van der Waals surface area contributed by atoms with Crippen molar-refractivity contribution in [3.05, 3.63) is 67.8 Å². The Bertz CT molecular complexity index is 1120. The molecule has 0 aliphatic rings. The first-order chi connectivity index (χ1) is 17.8. The van der Waals surface area contributed by atoms with E-state index < -0.39 is 41.7 Å². The van der Waals surface area contributed by atoms with Gasteiger partial charge in [-0.2, -0.15) is 0 Å². The van der Waals surface area contributed by atoms with Crippen LogP contribution in [-0.2, 0) is 23.9 Å². The summed E-state index contributed by atoms with van der Waals surface area (Å²) in [5.74, 6) is -2.89. The molecule has 0 aromatic heterocycles. The molecule has 0 fully saturated rings. The second-order valence-electron chi connectivity index (χ2n) is 8.70. The molecule has 198 valence electrons. The standard InChI is InChI=1S/C28H35N3O6/c1-4-6-12-26(34)37-18-24(28(36)30-23-14-13-20-10-7-8-11-21(20)15-23)31-27(35)22(9-5-2)16-25(33)29-19(3)17-32/h4-5,7-8,10-11,13-15,19,22,24,32H,1-2,6,9,12,16-18H2,3H3,(H,29,33)(H,30,36)(H,31,35)/t19-,22-,24+/m1/s1. The summed E-state index contributed by atoms with van der Waals surface area (Å²) in [4.78, 5) is 50.5. The molecule has 9 nitrogen and oxygen atoms in total. The van der Waals surface area contributed by atoms with Crippen LogP contribution in [0.3, 0.4) is 0 Å². The van der Waals surface area contributed by atoms with Crippen molar-refractivity contribution >= 4 is 40.2 Å². The SMILES string of the molecule is C=CCCC(=O)OC[C@H](NC(=O)[C@H](CC=C)CC(=O)N[C@H](C)CO)C(=O)Nc1ccc2ccccc2c1. The topological polar surface area (TPSA) is 134 Å². The molecule has 0 heterocycles. The van der Waals surface area contributed by atoms with Crippen LogP contribution in [0.4, 0.5) is 5.69 Å². The molecule has 0 saturated heterocycles. The number of nitrogens with one attached hydrogen (secondary N) is 3. The fraction of sp³-hybridized carbons (Fsp3) is 0.357. The molecule has 3 atom stereocenters. The zero-order valence-corrected chi connectivity index (χ0v) is 21.1. The van der Waals surface area contributed by atoms with Crippen LogP contribution in [0.5, 0.6) is 0 Å². The lowest BCUT2D eigenvalue weighted by atomic mass is 9.99. The number of hydrogen-bond acceptors (Lipinski definition) is 6. The number of carbonyl (C=O) groups excluding carboxylic acids is 4. The molecular formula is C28H35N3O6. The van der Waals surface area contributed by atoms with Crippen LogP contribution in [0, 0.1) is 5.92 Å². The molecule has 9 heteroatoms. The largest absolute Gasteiger partial charge is 0.463 e. The van der Waals surface area contributed by atoms with E-state index in [2.05, 4.69) is 29.1 Å². The number of amides is 3. The highest BCUT2D eigenvalue weighted by Crippen LogP contribution is 2.19. The Morgan fingerprint density at radius 3 is 2.41 bits per heavy atom. The van der Waals surface area contributed by atoms with Crippen LogP contribution in [0.2, 0.25) is 0 Å². The van der Waals surface area contributed by atoms with Gasteiger partial charge in [-0.25, -0.2) is 0 Å². The summed E-state index contributed by atoms with van der Waals surface area (Å²) >= 11 is 0. The third-order valence-corrected chi connectivity index (χ3v) is 5.55. The van der Waals surface area contributed by atoms with E-state index in [0.29, 0.717) is 12.1 Å². The van der Waals surface area contributed by atoms with Gasteiger partial charge in [-0.15, -0.1) is 13.2 Å². The molecule has 2 rings (SSSR count). The number of fused-ring (bicyclic) bond motifs is 1. The van der Waals surface area contributed by atoms with E-state index in [1.807, 2.05) is 30.3 Å². The number of esters is 1. The van der Waals surface area contributed by atoms with E-state index in [1.54, 1.807) is 25.1 Å². The van der Waals surface area contributed by atoms with Crippen LogP contribution in [-0.4, -0.2) is 54.1 Å². The molecule has 0 aliphatic heterocycles. The smallest absolute Gasteiger partial charge is 0.306 e. The molecule has 37 heavy (non-hydrogen) atoms. The van der Waals surface area contributed by atoms with Crippen LogP contribution >= 0.6 is 0 Å². The highest BCUT2D eigenvalue weighted by Gasteiger charge is 2.28. The number of aliphatic hydroxyl groups is 1. The van der Waals surface area contributed by atoms with Gasteiger partial charge in [0.25, 0.3) is 5.91 Å². The van der Waals surface area contributed by atoms with Gasteiger partial charge in [0.1, 0.15) is 12.6 Å². The maximum atomic E-state index is 13.1. The summed E-state index contributed by atoms with van der Waals surface area (Å²) in [6.45, 7) is 8.22. The summed E-state index contributed by atoms with van der Waals surface area (Å²) in [5, 5.41) is 19.0. The number of ether oxygens (including phenoxy) is 1. The van der Waals surface area contributed by atoms with Crippen molar-refractivity contribution < 1.29 is 29.0 Å². The fourth-order valence-electron chi connectivity index (χ4n) is 3.52. The van der Waals surface area contributed by atoms with Crippen molar-refractivity contribution in [1.29, 1.82) is 0 Å². The van der Waals surface area contributed by atoms with E-state index in [0.717, 1.165) is 10.8 Å². The summed E-state index contributed by atoms with van der Waals surface area (Å²) in [7, 11) is 0. The number of anilines is 1. The number of rotatable bonds is 15. The number of carbonyl (C=O) groups is 4. The molecule has 0 radical (unpaired) electrons. The monoisotopic (exact) mass is 509 g/mol. The van der Waals surface area contributed by atoms with Crippen LogP contribution in [0.1, 0.15) is 32.6 Å². The molecule has 3 amide bonds. The van der Waals surface area contributed by atoms with Gasteiger partial charge in [-0.3, -0.25) is 19.2 Å². The van der Waals surface area contributed by atoms with Gasteiger partial charge >= 0.3 is 5.97 Å². The maximum absolute atomic E-state index is 13.1. The van der Waals surface area contributed by atoms with E-state index in [1.165, 1.54) is 6.08 Å². The minimum atomic E-state index is -1.20. The molecule has 0 bridgehead atoms. The van der Waals surface area contributed by atoms with Crippen molar-refractivity contribution in [3.8, 4) is 0 Å². The number of benzene rings is 2. The Morgan fingerprint density at radius 2 is 1.73 bits per heavy atom. The van der Waals surface area contributed by atoms with Crippen LogP contribution in [0.25, 0.3) is 10.8 Å². The van der Waals surface area contributed by atoms with Crippen molar-refractivity contribution in [2.45, 2.75) is 44.7 Å². The quantitative estimate of drug-likeness (QED) is 0.216. The van der Waals surface area contributed by atoms with Gasteiger partial charge in [0.2, 0.25) is 11.8 Å². The molecule has 2 aromatic carbocycles. The molecule has 0 saturated carbocycles. The summed E-state index contributed by atoms with van der Waals surface area (Å²) in [6, 6.07) is 11.4. The lowest BCUT2D eigenvalue weighted by molar-refractivity contribution is -0.146. The van der Waals surface area contributed by atoms with E-state index in [-0.39, 0.29) is 32.5 Å². The summed E-state index contributed by atoms with van der Waals surface area (Å²) < 4.78 is 5.23. The molecule has 0 spiro atoms. The minimum absolute atomic E-state index is 0.0960. The maximum Gasteiger partial charge on any atom is 0.306 e. The summed E-state index contributed by atoms with van der Waals surface area (Å²) in [5.41, 5.74) is 0.515. The predicted octanol–water partition coefficient (Wildman–Crippen LogP) is 2.85. The normalized spacial score (nSPS) is 13.0. The Morgan fingerprint density at radius 1 is 1.00 bits per heavy atom. The van der Waals surface area contributed by atoms with E-state index in [9.17, 15) is 19.2 Å². The third-order valence-electron chi connectivity index (χ3n) is 5.55. The lowest BCUT2D eigenvalue weighted by Gasteiger charge is -2.22. The average molecular weight is 510 g/mol. The molecule has 0 aliphatic carbocycles. The number of hydrogen-bond donors (Lipinski definition) is 4. The first kappa shape index (κ1) is 29.3. The van der Waals surface area contributed by atoms with E-state index in [4.69, 9.17) is 9.84 Å². The molecule has 4 N–H and O–H groups in total. The Labute approximate surface area is 217 Å².